The maximum atomic E-state index is 13.3. The van der Waals surface area contributed by atoms with Crippen LogP contribution in [0.25, 0.3) is 22.4 Å². The first-order valence-corrected chi connectivity index (χ1v) is 8.74. The van der Waals surface area contributed by atoms with E-state index in [4.69, 9.17) is 9.84 Å². The number of hydrogen-bond acceptors (Lipinski definition) is 4. The molecule has 0 radical (unpaired) electrons. The monoisotopic (exact) mass is 366 g/mol. The molecule has 0 saturated heterocycles. The van der Waals surface area contributed by atoms with Crippen molar-refractivity contribution in [2.45, 2.75) is 18.9 Å². The zero-order chi connectivity index (χ0) is 18.8. The van der Waals surface area contributed by atoms with Gasteiger partial charge in [-0.15, -0.1) is 0 Å². The summed E-state index contributed by atoms with van der Waals surface area (Å²) in [4.78, 5) is 15.9. The standard InChI is InChI=1S/C20H19FN4O2/c1-27-12-19(26)23-18-10-14(8-9-22-18)17-11-25(16-6-7-16)24-20(17)13-2-4-15(21)5-3-13/h2-5,8-11,16H,6-7,12H2,1H3,(H,22,23,26). The third-order valence-electron chi connectivity index (χ3n) is 4.38. The predicted molar refractivity (Wildman–Crippen MR) is 99.6 cm³/mol. The number of hydrogen-bond donors (Lipinski definition) is 1. The molecule has 1 amide bonds. The Kier molecular flexibility index (Phi) is 4.68. The minimum absolute atomic E-state index is 0.0354. The van der Waals surface area contributed by atoms with Crippen LogP contribution in [0.4, 0.5) is 10.2 Å². The van der Waals surface area contributed by atoms with E-state index in [1.54, 1.807) is 24.4 Å². The van der Waals surface area contributed by atoms with E-state index in [0.29, 0.717) is 11.9 Å². The normalized spacial score (nSPS) is 13.6. The lowest BCUT2D eigenvalue weighted by molar-refractivity contribution is -0.119. The lowest BCUT2D eigenvalue weighted by Gasteiger charge is -2.07. The van der Waals surface area contributed by atoms with Crippen molar-refractivity contribution in [2.75, 3.05) is 19.0 Å². The van der Waals surface area contributed by atoms with Crippen molar-refractivity contribution in [1.82, 2.24) is 14.8 Å². The molecule has 0 bridgehead atoms. The number of nitrogens with zero attached hydrogens (tertiary/aromatic N) is 3. The molecule has 1 aliphatic rings. The Morgan fingerprint density at radius 1 is 1.26 bits per heavy atom. The van der Waals surface area contributed by atoms with Crippen LogP contribution >= 0.6 is 0 Å². The van der Waals surface area contributed by atoms with Crippen LogP contribution in [0.1, 0.15) is 18.9 Å². The molecule has 0 spiro atoms. The van der Waals surface area contributed by atoms with Gasteiger partial charge in [-0.3, -0.25) is 9.48 Å². The number of carbonyl (C=O) groups is 1. The smallest absolute Gasteiger partial charge is 0.251 e. The summed E-state index contributed by atoms with van der Waals surface area (Å²) in [5.41, 5.74) is 3.41. The van der Waals surface area contributed by atoms with Crippen LogP contribution in [0.2, 0.25) is 0 Å². The van der Waals surface area contributed by atoms with E-state index in [2.05, 4.69) is 10.3 Å². The Balaban J connectivity index is 1.72. The molecule has 0 aliphatic heterocycles. The summed E-state index contributed by atoms with van der Waals surface area (Å²) in [7, 11) is 1.46. The summed E-state index contributed by atoms with van der Waals surface area (Å²) in [5, 5.41) is 7.44. The average molecular weight is 366 g/mol. The molecule has 1 N–H and O–H groups in total. The summed E-state index contributed by atoms with van der Waals surface area (Å²) in [6.45, 7) is -0.0354. The summed E-state index contributed by atoms with van der Waals surface area (Å²) >= 11 is 0. The SMILES string of the molecule is COCC(=O)Nc1cc(-c2cn(C3CC3)nc2-c2ccc(F)cc2)ccn1. The number of ether oxygens (including phenoxy) is 1. The number of rotatable bonds is 6. The summed E-state index contributed by atoms with van der Waals surface area (Å²) < 4.78 is 20.1. The van der Waals surface area contributed by atoms with Crippen LogP contribution in [0.5, 0.6) is 0 Å². The van der Waals surface area contributed by atoms with E-state index in [1.807, 2.05) is 16.9 Å². The number of carbonyl (C=O) groups excluding carboxylic acids is 1. The van der Waals surface area contributed by atoms with Crippen molar-refractivity contribution in [3.63, 3.8) is 0 Å². The maximum Gasteiger partial charge on any atom is 0.251 e. The summed E-state index contributed by atoms with van der Waals surface area (Å²) in [5.74, 6) is -0.109. The van der Waals surface area contributed by atoms with Gasteiger partial charge in [0.2, 0.25) is 0 Å². The molecule has 2 aromatic heterocycles. The Morgan fingerprint density at radius 3 is 2.74 bits per heavy atom. The van der Waals surface area contributed by atoms with Crippen molar-refractivity contribution in [2.24, 2.45) is 0 Å². The molecule has 138 valence electrons. The zero-order valence-electron chi connectivity index (χ0n) is 14.9. The predicted octanol–water partition coefficient (Wildman–Crippen LogP) is 3.67. The molecule has 4 rings (SSSR count). The number of aromatic nitrogens is 3. The van der Waals surface area contributed by atoms with Gasteiger partial charge in [-0.05, 0) is 54.8 Å². The minimum atomic E-state index is -0.283. The molecule has 1 fully saturated rings. The second-order valence-electron chi connectivity index (χ2n) is 6.52. The Labute approximate surface area is 156 Å². The quantitative estimate of drug-likeness (QED) is 0.723. The fourth-order valence-electron chi connectivity index (χ4n) is 2.93. The van der Waals surface area contributed by atoms with Gasteiger partial charge in [0.1, 0.15) is 23.9 Å². The fourth-order valence-corrected chi connectivity index (χ4v) is 2.93. The van der Waals surface area contributed by atoms with E-state index < -0.39 is 0 Å². The number of benzene rings is 1. The Morgan fingerprint density at radius 2 is 2.04 bits per heavy atom. The van der Waals surface area contributed by atoms with Crippen molar-refractivity contribution in [3.8, 4) is 22.4 Å². The molecule has 1 saturated carbocycles. The van der Waals surface area contributed by atoms with Gasteiger partial charge in [0.05, 0.1) is 6.04 Å². The highest BCUT2D eigenvalue weighted by Gasteiger charge is 2.26. The van der Waals surface area contributed by atoms with Gasteiger partial charge < -0.3 is 10.1 Å². The molecule has 1 aromatic carbocycles. The van der Waals surface area contributed by atoms with E-state index in [9.17, 15) is 9.18 Å². The molecule has 0 unspecified atom stereocenters. The second kappa shape index (κ2) is 7.28. The highest BCUT2D eigenvalue weighted by atomic mass is 19.1. The molecule has 0 atom stereocenters. The molecular weight excluding hydrogens is 347 g/mol. The van der Waals surface area contributed by atoms with E-state index in [-0.39, 0.29) is 18.3 Å². The van der Waals surface area contributed by atoms with Crippen LogP contribution in [-0.2, 0) is 9.53 Å². The van der Waals surface area contributed by atoms with Crippen molar-refractivity contribution in [3.05, 3.63) is 54.6 Å². The van der Waals surface area contributed by atoms with E-state index >= 15 is 0 Å². The van der Waals surface area contributed by atoms with E-state index in [1.165, 1.54) is 19.2 Å². The number of anilines is 1. The van der Waals surface area contributed by atoms with Crippen molar-refractivity contribution in [1.29, 1.82) is 0 Å². The lowest BCUT2D eigenvalue weighted by atomic mass is 10.0. The lowest BCUT2D eigenvalue weighted by Crippen LogP contribution is -2.17. The maximum absolute atomic E-state index is 13.3. The molecule has 2 heterocycles. The van der Waals surface area contributed by atoms with Gasteiger partial charge in [0, 0.05) is 30.6 Å². The van der Waals surface area contributed by atoms with Gasteiger partial charge in [-0.1, -0.05) is 0 Å². The number of pyridine rings is 1. The second-order valence-corrected chi connectivity index (χ2v) is 6.52. The highest BCUT2D eigenvalue weighted by Crippen LogP contribution is 2.39. The Bertz CT molecular complexity index is 964. The van der Waals surface area contributed by atoms with Gasteiger partial charge in [-0.25, -0.2) is 9.37 Å². The minimum Gasteiger partial charge on any atom is -0.375 e. The van der Waals surface area contributed by atoms with Crippen LogP contribution in [0.15, 0.2) is 48.8 Å². The number of amides is 1. The fraction of sp³-hybridized carbons (Fsp3) is 0.250. The Hall–Kier alpha value is -3.06. The molecule has 7 heteroatoms. The van der Waals surface area contributed by atoms with E-state index in [0.717, 1.165) is 35.2 Å². The molecule has 1 aliphatic carbocycles. The van der Waals surface area contributed by atoms with Crippen LogP contribution < -0.4 is 5.32 Å². The third kappa shape index (κ3) is 3.88. The number of nitrogens with one attached hydrogen (secondary N) is 1. The van der Waals surface area contributed by atoms with Crippen LogP contribution in [0.3, 0.4) is 0 Å². The summed E-state index contributed by atoms with van der Waals surface area (Å²) in [6, 6.07) is 10.4. The third-order valence-corrected chi connectivity index (χ3v) is 4.38. The summed E-state index contributed by atoms with van der Waals surface area (Å²) in [6.07, 6.45) is 5.87. The van der Waals surface area contributed by atoms with Crippen LogP contribution in [0, 0.1) is 5.82 Å². The van der Waals surface area contributed by atoms with Gasteiger partial charge in [0.25, 0.3) is 5.91 Å². The van der Waals surface area contributed by atoms with Crippen LogP contribution in [-0.4, -0.2) is 34.4 Å². The van der Waals surface area contributed by atoms with Crippen molar-refractivity contribution >= 4 is 11.7 Å². The first-order chi connectivity index (χ1) is 13.1. The topological polar surface area (TPSA) is 69.0 Å². The highest BCUT2D eigenvalue weighted by molar-refractivity contribution is 5.91. The first kappa shape index (κ1) is 17.4. The average Bonchev–Trinajstić information content (AvgIpc) is 3.42. The first-order valence-electron chi connectivity index (χ1n) is 8.74. The van der Waals surface area contributed by atoms with Gasteiger partial charge in [-0.2, -0.15) is 5.10 Å². The largest absolute Gasteiger partial charge is 0.375 e. The zero-order valence-corrected chi connectivity index (χ0v) is 14.9. The van der Waals surface area contributed by atoms with Crippen molar-refractivity contribution < 1.29 is 13.9 Å². The number of halogens is 1. The molecule has 27 heavy (non-hydrogen) atoms. The van der Waals surface area contributed by atoms with Gasteiger partial charge in [0.15, 0.2) is 0 Å². The number of methoxy groups -OCH3 is 1. The molecular formula is C20H19FN4O2. The molecule has 6 nitrogen and oxygen atoms in total. The van der Waals surface area contributed by atoms with Gasteiger partial charge >= 0.3 is 0 Å². The molecule has 3 aromatic rings.